The van der Waals surface area contributed by atoms with E-state index in [2.05, 4.69) is 39.1 Å². The zero-order valence-corrected chi connectivity index (χ0v) is 11.5. The van der Waals surface area contributed by atoms with Crippen molar-refractivity contribution in [3.05, 3.63) is 29.3 Å². The van der Waals surface area contributed by atoms with Gasteiger partial charge < -0.3 is 10.4 Å². The summed E-state index contributed by atoms with van der Waals surface area (Å²) in [7, 11) is 0. The fourth-order valence-electron chi connectivity index (χ4n) is 1.68. The summed E-state index contributed by atoms with van der Waals surface area (Å²) in [6.45, 7) is 9.30. The standard InChI is InChI=1S/C15H25NO/c1-5-6-7-12-8-9-14(17)13(10-12)11-16-15(2,3)4/h8-10,16-17H,5-7,11H2,1-4H3. The highest BCUT2D eigenvalue weighted by Crippen LogP contribution is 2.20. The van der Waals surface area contributed by atoms with Gasteiger partial charge in [-0.3, -0.25) is 0 Å². The van der Waals surface area contributed by atoms with Crippen LogP contribution in [0.25, 0.3) is 0 Å². The largest absolute Gasteiger partial charge is 0.508 e. The van der Waals surface area contributed by atoms with Crippen LogP contribution in [0.3, 0.4) is 0 Å². The van der Waals surface area contributed by atoms with Crippen LogP contribution in [0.1, 0.15) is 51.7 Å². The summed E-state index contributed by atoms with van der Waals surface area (Å²) in [5, 5.41) is 13.2. The Morgan fingerprint density at radius 2 is 1.94 bits per heavy atom. The Bertz CT molecular complexity index is 352. The number of benzene rings is 1. The van der Waals surface area contributed by atoms with E-state index in [-0.39, 0.29) is 5.54 Å². The molecule has 0 aliphatic carbocycles. The Morgan fingerprint density at radius 1 is 1.24 bits per heavy atom. The SMILES string of the molecule is CCCCc1ccc(O)c(CNC(C)(C)C)c1. The first kappa shape index (κ1) is 14.0. The van der Waals surface area contributed by atoms with E-state index in [1.807, 2.05) is 12.1 Å². The Hall–Kier alpha value is -1.02. The van der Waals surface area contributed by atoms with Crippen molar-refractivity contribution >= 4 is 0 Å². The van der Waals surface area contributed by atoms with Gasteiger partial charge >= 0.3 is 0 Å². The lowest BCUT2D eigenvalue weighted by molar-refractivity contribution is 0.411. The third kappa shape index (κ3) is 5.22. The van der Waals surface area contributed by atoms with Crippen LogP contribution < -0.4 is 5.32 Å². The van der Waals surface area contributed by atoms with Crippen LogP contribution in [0.4, 0.5) is 0 Å². The molecule has 0 unspecified atom stereocenters. The molecule has 96 valence electrons. The number of hydrogen-bond donors (Lipinski definition) is 2. The summed E-state index contributed by atoms with van der Waals surface area (Å²) in [4.78, 5) is 0. The summed E-state index contributed by atoms with van der Waals surface area (Å²) in [6.07, 6.45) is 3.51. The molecule has 0 fully saturated rings. The van der Waals surface area contributed by atoms with Crippen molar-refractivity contribution in [2.75, 3.05) is 0 Å². The van der Waals surface area contributed by atoms with Gasteiger partial charge in [0, 0.05) is 17.6 Å². The molecule has 0 amide bonds. The zero-order chi connectivity index (χ0) is 12.9. The van der Waals surface area contributed by atoms with Crippen molar-refractivity contribution in [2.24, 2.45) is 0 Å². The Morgan fingerprint density at radius 3 is 2.53 bits per heavy atom. The highest BCUT2D eigenvalue weighted by molar-refractivity contribution is 5.36. The van der Waals surface area contributed by atoms with Gasteiger partial charge in [-0.25, -0.2) is 0 Å². The van der Waals surface area contributed by atoms with Crippen LogP contribution >= 0.6 is 0 Å². The van der Waals surface area contributed by atoms with Gasteiger partial charge in [-0.15, -0.1) is 0 Å². The second-order valence-electron chi connectivity index (χ2n) is 5.67. The quantitative estimate of drug-likeness (QED) is 0.817. The van der Waals surface area contributed by atoms with Crippen molar-refractivity contribution < 1.29 is 5.11 Å². The third-order valence-electron chi connectivity index (χ3n) is 2.77. The minimum Gasteiger partial charge on any atom is -0.508 e. The first-order chi connectivity index (χ1) is 7.92. The monoisotopic (exact) mass is 235 g/mol. The molecule has 0 aromatic heterocycles. The van der Waals surface area contributed by atoms with E-state index in [9.17, 15) is 5.11 Å². The third-order valence-corrected chi connectivity index (χ3v) is 2.77. The normalized spacial score (nSPS) is 11.8. The summed E-state index contributed by atoms with van der Waals surface area (Å²) in [5.74, 6) is 0.391. The van der Waals surface area contributed by atoms with Crippen LogP contribution in [0.2, 0.25) is 0 Å². The molecular weight excluding hydrogens is 210 g/mol. The lowest BCUT2D eigenvalue weighted by atomic mass is 10.0. The van der Waals surface area contributed by atoms with Crippen molar-refractivity contribution in [1.82, 2.24) is 5.32 Å². The van der Waals surface area contributed by atoms with Crippen LogP contribution in [-0.2, 0) is 13.0 Å². The number of unbranched alkanes of at least 4 members (excludes halogenated alkanes) is 1. The predicted molar refractivity (Wildman–Crippen MR) is 73.3 cm³/mol. The van der Waals surface area contributed by atoms with Crippen LogP contribution in [0.15, 0.2) is 18.2 Å². The summed E-state index contributed by atoms with van der Waals surface area (Å²) in [6, 6.07) is 5.94. The Balaban J connectivity index is 2.69. The Kier molecular flexibility index (Phi) is 5.01. The smallest absolute Gasteiger partial charge is 0.120 e. The number of rotatable bonds is 5. The van der Waals surface area contributed by atoms with Crippen LogP contribution in [-0.4, -0.2) is 10.6 Å². The van der Waals surface area contributed by atoms with E-state index in [1.54, 1.807) is 0 Å². The lowest BCUT2D eigenvalue weighted by Gasteiger charge is -2.21. The molecule has 0 spiro atoms. The Labute approximate surface area is 105 Å². The molecule has 0 heterocycles. The average Bonchev–Trinajstić information content (AvgIpc) is 2.25. The molecule has 2 nitrogen and oxygen atoms in total. The predicted octanol–water partition coefficient (Wildman–Crippen LogP) is 3.62. The summed E-state index contributed by atoms with van der Waals surface area (Å²) < 4.78 is 0. The number of hydrogen-bond acceptors (Lipinski definition) is 2. The molecule has 0 aliphatic heterocycles. The van der Waals surface area contributed by atoms with Gasteiger partial charge in [0.1, 0.15) is 5.75 Å². The van der Waals surface area contributed by atoms with E-state index in [4.69, 9.17) is 0 Å². The van der Waals surface area contributed by atoms with Gasteiger partial charge in [-0.1, -0.05) is 25.5 Å². The molecule has 17 heavy (non-hydrogen) atoms. The van der Waals surface area contributed by atoms with Crippen molar-refractivity contribution in [1.29, 1.82) is 0 Å². The van der Waals surface area contributed by atoms with Crippen molar-refractivity contribution in [3.63, 3.8) is 0 Å². The molecule has 0 saturated heterocycles. The second-order valence-corrected chi connectivity index (χ2v) is 5.67. The summed E-state index contributed by atoms with van der Waals surface area (Å²) in [5.41, 5.74) is 2.38. The van der Waals surface area contributed by atoms with E-state index in [1.165, 1.54) is 18.4 Å². The number of aryl methyl sites for hydroxylation is 1. The number of phenolic OH excluding ortho intramolecular Hbond substituents is 1. The fraction of sp³-hybridized carbons (Fsp3) is 0.600. The van der Waals surface area contributed by atoms with E-state index < -0.39 is 0 Å². The lowest BCUT2D eigenvalue weighted by Crippen LogP contribution is -2.35. The van der Waals surface area contributed by atoms with E-state index >= 15 is 0 Å². The zero-order valence-electron chi connectivity index (χ0n) is 11.5. The molecule has 2 heteroatoms. The molecule has 1 aromatic rings. The summed E-state index contributed by atoms with van der Waals surface area (Å²) >= 11 is 0. The number of phenols is 1. The first-order valence-electron chi connectivity index (χ1n) is 6.48. The van der Waals surface area contributed by atoms with Gasteiger partial charge in [0.05, 0.1) is 0 Å². The van der Waals surface area contributed by atoms with E-state index in [0.717, 1.165) is 18.5 Å². The maximum Gasteiger partial charge on any atom is 0.120 e. The molecule has 0 atom stereocenters. The highest BCUT2D eigenvalue weighted by atomic mass is 16.3. The molecule has 2 N–H and O–H groups in total. The van der Waals surface area contributed by atoms with Crippen LogP contribution in [0, 0.1) is 0 Å². The average molecular weight is 235 g/mol. The van der Waals surface area contributed by atoms with Crippen molar-refractivity contribution in [2.45, 2.75) is 59.0 Å². The van der Waals surface area contributed by atoms with Gasteiger partial charge in [0.2, 0.25) is 0 Å². The van der Waals surface area contributed by atoms with Gasteiger partial charge in [-0.2, -0.15) is 0 Å². The number of nitrogens with one attached hydrogen (secondary N) is 1. The molecule has 1 aromatic carbocycles. The van der Waals surface area contributed by atoms with Crippen molar-refractivity contribution in [3.8, 4) is 5.75 Å². The van der Waals surface area contributed by atoms with Crippen LogP contribution in [0.5, 0.6) is 5.75 Å². The minimum absolute atomic E-state index is 0.0753. The van der Waals surface area contributed by atoms with Gasteiger partial charge in [0.15, 0.2) is 0 Å². The first-order valence-corrected chi connectivity index (χ1v) is 6.48. The minimum atomic E-state index is 0.0753. The molecule has 0 bridgehead atoms. The maximum absolute atomic E-state index is 9.82. The molecule has 0 radical (unpaired) electrons. The van der Waals surface area contributed by atoms with E-state index in [0.29, 0.717) is 5.75 Å². The topological polar surface area (TPSA) is 32.3 Å². The maximum atomic E-state index is 9.82. The fourth-order valence-corrected chi connectivity index (χ4v) is 1.68. The number of aromatic hydroxyl groups is 1. The molecule has 0 aliphatic rings. The van der Waals surface area contributed by atoms with Gasteiger partial charge in [-0.05, 0) is 45.2 Å². The molecular formula is C15H25NO. The highest BCUT2D eigenvalue weighted by Gasteiger charge is 2.10. The second kappa shape index (κ2) is 6.06. The molecule has 1 rings (SSSR count). The van der Waals surface area contributed by atoms with Gasteiger partial charge in [0.25, 0.3) is 0 Å². The molecule has 0 saturated carbocycles.